The van der Waals surface area contributed by atoms with Crippen LogP contribution in [0.15, 0.2) is 42.5 Å². The lowest BCUT2D eigenvalue weighted by molar-refractivity contribution is -0.115. The van der Waals surface area contributed by atoms with Crippen LogP contribution >= 0.6 is 0 Å². The maximum atomic E-state index is 13.1. The number of hydrogen-bond donors (Lipinski definition) is 2. The van der Waals surface area contributed by atoms with E-state index in [0.29, 0.717) is 5.69 Å². The van der Waals surface area contributed by atoms with Gasteiger partial charge in [0.2, 0.25) is 5.91 Å². The fraction of sp³-hybridized carbons (Fsp3) is 0.133. The van der Waals surface area contributed by atoms with E-state index < -0.39 is 11.6 Å². The average molecular weight is 259 g/mol. The second-order valence-corrected chi connectivity index (χ2v) is 4.38. The number of aryl methyl sites for hydroxylation is 1. The summed E-state index contributed by atoms with van der Waals surface area (Å²) < 4.78 is 13.1. The quantitative estimate of drug-likeness (QED) is 0.832. The van der Waals surface area contributed by atoms with Crippen molar-refractivity contribution in [3.63, 3.8) is 0 Å². The number of carbonyl (C=O) groups is 1. The van der Waals surface area contributed by atoms with Crippen LogP contribution in [-0.2, 0) is 11.2 Å². The molecule has 0 radical (unpaired) electrons. The van der Waals surface area contributed by atoms with E-state index in [-0.39, 0.29) is 12.3 Å². The molecule has 0 bridgehead atoms. The Kier molecular flexibility index (Phi) is 3.80. The molecule has 1 amide bonds. The number of amides is 1. The minimum absolute atomic E-state index is 0.225. The Bertz CT molecular complexity index is 594. The van der Waals surface area contributed by atoms with Crippen LogP contribution in [0.2, 0.25) is 0 Å². The normalized spacial score (nSPS) is 10.2. The van der Waals surface area contributed by atoms with Gasteiger partial charge in [0, 0.05) is 11.8 Å². The third kappa shape index (κ3) is 3.55. The van der Waals surface area contributed by atoms with Crippen LogP contribution < -0.4 is 5.32 Å². The monoisotopic (exact) mass is 259 g/mol. The third-order valence-electron chi connectivity index (χ3n) is 2.72. The molecular formula is C15H14FNO2. The number of aromatic hydroxyl groups is 1. The molecule has 2 N–H and O–H groups in total. The number of benzene rings is 2. The molecule has 2 aromatic rings. The fourth-order valence-electron chi connectivity index (χ4n) is 1.68. The standard InChI is InChI=1S/C15H14FNO2/c1-10-2-4-11(5-3-10)8-15(19)17-12-6-7-14(18)13(16)9-12/h2-7,9,18H,8H2,1H3,(H,17,19). The van der Waals surface area contributed by atoms with Crippen LogP contribution in [-0.4, -0.2) is 11.0 Å². The van der Waals surface area contributed by atoms with E-state index >= 15 is 0 Å². The predicted molar refractivity (Wildman–Crippen MR) is 71.6 cm³/mol. The lowest BCUT2D eigenvalue weighted by atomic mass is 10.1. The summed E-state index contributed by atoms with van der Waals surface area (Å²) in [5.74, 6) is -1.42. The molecule has 0 spiro atoms. The minimum Gasteiger partial charge on any atom is -0.505 e. The molecule has 0 saturated carbocycles. The van der Waals surface area contributed by atoms with E-state index in [1.54, 1.807) is 0 Å². The highest BCUT2D eigenvalue weighted by Gasteiger charge is 2.06. The van der Waals surface area contributed by atoms with Crippen molar-refractivity contribution < 1.29 is 14.3 Å². The number of nitrogens with one attached hydrogen (secondary N) is 1. The molecule has 0 saturated heterocycles. The van der Waals surface area contributed by atoms with Crippen molar-refractivity contribution in [3.05, 3.63) is 59.4 Å². The van der Waals surface area contributed by atoms with Gasteiger partial charge in [-0.1, -0.05) is 29.8 Å². The maximum absolute atomic E-state index is 13.1. The van der Waals surface area contributed by atoms with Gasteiger partial charge in [0.05, 0.1) is 6.42 Å². The van der Waals surface area contributed by atoms with Gasteiger partial charge in [-0.05, 0) is 24.6 Å². The van der Waals surface area contributed by atoms with E-state index in [0.717, 1.165) is 17.2 Å². The maximum Gasteiger partial charge on any atom is 0.228 e. The number of carbonyl (C=O) groups excluding carboxylic acids is 1. The van der Waals surface area contributed by atoms with Crippen LogP contribution in [0.3, 0.4) is 0 Å². The van der Waals surface area contributed by atoms with E-state index in [1.165, 1.54) is 12.1 Å². The summed E-state index contributed by atoms with van der Waals surface area (Å²) in [7, 11) is 0. The SMILES string of the molecule is Cc1ccc(CC(=O)Nc2ccc(O)c(F)c2)cc1. The predicted octanol–water partition coefficient (Wildman–Crippen LogP) is 3.02. The molecule has 2 rings (SSSR count). The highest BCUT2D eigenvalue weighted by molar-refractivity contribution is 5.92. The fourth-order valence-corrected chi connectivity index (χ4v) is 1.68. The lowest BCUT2D eigenvalue weighted by Crippen LogP contribution is -2.14. The van der Waals surface area contributed by atoms with Gasteiger partial charge in [0.15, 0.2) is 11.6 Å². The zero-order chi connectivity index (χ0) is 13.8. The topological polar surface area (TPSA) is 49.3 Å². The minimum atomic E-state index is -0.756. The summed E-state index contributed by atoms with van der Waals surface area (Å²) in [4.78, 5) is 11.8. The van der Waals surface area contributed by atoms with Gasteiger partial charge in [0.1, 0.15) is 0 Å². The molecule has 0 aliphatic heterocycles. The first-order valence-electron chi connectivity index (χ1n) is 5.88. The van der Waals surface area contributed by atoms with Crippen molar-refractivity contribution >= 4 is 11.6 Å². The van der Waals surface area contributed by atoms with Crippen molar-refractivity contribution in [1.82, 2.24) is 0 Å². The molecule has 98 valence electrons. The number of halogens is 1. The number of anilines is 1. The number of phenols is 1. The summed E-state index contributed by atoms with van der Waals surface area (Å²) in [5, 5.41) is 11.6. The molecule has 4 heteroatoms. The van der Waals surface area contributed by atoms with E-state index in [1.807, 2.05) is 31.2 Å². The van der Waals surface area contributed by atoms with Crippen molar-refractivity contribution in [2.45, 2.75) is 13.3 Å². The van der Waals surface area contributed by atoms with E-state index in [9.17, 15) is 9.18 Å². The first kappa shape index (κ1) is 13.1. The summed E-state index contributed by atoms with van der Waals surface area (Å²) in [6.45, 7) is 1.98. The zero-order valence-electron chi connectivity index (χ0n) is 10.5. The van der Waals surface area contributed by atoms with Gasteiger partial charge in [-0.25, -0.2) is 4.39 Å². The molecule has 2 aromatic carbocycles. The molecular weight excluding hydrogens is 245 g/mol. The van der Waals surface area contributed by atoms with Crippen LogP contribution in [0.1, 0.15) is 11.1 Å². The molecule has 19 heavy (non-hydrogen) atoms. The number of hydrogen-bond acceptors (Lipinski definition) is 2. The van der Waals surface area contributed by atoms with Crippen LogP contribution in [0, 0.1) is 12.7 Å². The molecule has 0 unspecified atom stereocenters. The second kappa shape index (κ2) is 5.52. The molecule has 0 aliphatic rings. The molecule has 0 fully saturated rings. The van der Waals surface area contributed by atoms with Crippen molar-refractivity contribution in [3.8, 4) is 5.75 Å². The molecule has 3 nitrogen and oxygen atoms in total. The number of rotatable bonds is 3. The van der Waals surface area contributed by atoms with Gasteiger partial charge < -0.3 is 10.4 Å². The Balaban J connectivity index is 2.01. The van der Waals surface area contributed by atoms with Crippen molar-refractivity contribution in [2.75, 3.05) is 5.32 Å². The molecule has 0 aliphatic carbocycles. The highest BCUT2D eigenvalue weighted by Crippen LogP contribution is 2.19. The van der Waals surface area contributed by atoms with Crippen LogP contribution in [0.25, 0.3) is 0 Å². The Morgan fingerprint density at radius 3 is 2.53 bits per heavy atom. The Morgan fingerprint density at radius 2 is 1.89 bits per heavy atom. The lowest BCUT2D eigenvalue weighted by Gasteiger charge is -2.06. The molecule has 0 heterocycles. The molecule has 0 aromatic heterocycles. The largest absolute Gasteiger partial charge is 0.505 e. The zero-order valence-corrected chi connectivity index (χ0v) is 10.5. The summed E-state index contributed by atoms with van der Waals surface area (Å²) >= 11 is 0. The third-order valence-corrected chi connectivity index (χ3v) is 2.72. The first-order valence-corrected chi connectivity index (χ1v) is 5.88. The van der Waals surface area contributed by atoms with Gasteiger partial charge in [-0.15, -0.1) is 0 Å². The van der Waals surface area contributed by atoms with Crippen molar-refractivity contribution in [2.24, 2.45) is 0 Å². The summed E-state index contributed by atoms with van der Waals surface area (Å²) in [6.07, 6.45) is 0.225. The van der Waals surface area contributed by atoms with Crippen molar-refractivity contribution in [1.29, 1.82) is 0 Å². The van der Waals surface area contributed by atoms with E-state index in [2.05, 4.69) is 5.32 Å². The highest BCUT2D eigenvalue weighted by atomic mass is 19.1. The molecule has 0 atom stereocenters. The summed E-state index contributed by atoms with van der Waals surface area (Å²) in [6, 6.07) is 11.4. The second-order valence-electron chi connectivity index (χ2n) is 4.38. The smallest absolute Gasteiger partial charge is 0.228 e. The average Bonchev–Trinajstić information content (AvgIpc) is 2.37. The van der Waals surface area contributed by atoms with Gasteiger partial charge >= 0.3 is 0 Å². The van der Waals surface area contributed by atoms with Gasteiger partial charge in [0.25, 0.3) is 0 Å². The van der Waals surface area contributed by atoms with Crippen LogP contribution in [0.4, 0.5) is 10.1 Å². The number of phenolic OH excluding ortho intramolecular Hbond substituents is 1. The Labute approximate surface area is 110 Å². The Morgan fingerprint density at radius 1 is 1.21 bits per heavy atom. The van der Waals surface area contributed by atoms with Crippen LogP contribution in [0.5, 0.6) is 5.75 Å². The Hall–Kier alpha value is -2.36. The van der Waals surface area contributed by atoms with Gasteiger partial charge in [-0.3, -0.25) is 4.79 Å². The van der Waals surface area contributed by atoms with E-state index in [4.69, 9.17) is 5.11 Å². The first-order chi connectivity index (χ1) is 9.04. The van der Waals surface area contributed by atoms with Gasteiger partial charge in [-0.2, -0.15) is 0 Å². The summed E-state index contributed by atoms with van der Waals surface area (Å²) in [5.41, 5.74) is 2.35.